The molecule has 1 N–H and O–H groups in total. The van der Waals surface area contributed by atoms with E-state index < -0.39 is 0 Å². The number of hydrogen-bond acceptors (Lipinski definition) is 2. The maximum absolute atomic E-state index is 4.57. The molecule has 0 radical (unpaired) electrons. The molecule has 1 aliphatic carbocycles. The Bertz CT molecular complexity index is 349. The van der Waals surface area contributed by atoms with Crippen LogP contribution in [-0.4, -0.2) is 18.1 Å². The zero-order chi connectivity index (χ0) is 12.1. The van der Waals surface area contributed by atoms with Crippen molar-refractivity contribution >= 4 is 0 Å². The lowest BCUT2D eigenvalue weighted by Gasteiger charge is -2.17. The summed E-state index contributed by atoms with van der Waals surface area (Å²) in [5.41, 5.74) is 2.85. The summed E-state index contributed by atoms with van der Waals surface area (Å²) in [6.07, 6.45) is 9.60. The van der Waals surface area contributed by atoms with Gasteiger partial charge in [0.2, 0.25) is 0 Å². The molecule has 0 bridgehead atoms. The minimum Gasteiger partial charge on any atom is -0.317 e. The molecular formula is C15H24N2. The Morgan fingerprint density at radius 2 is 2.35 bits per heavy atom. The van der Waals surface area contributed by atoms with Gasteiger partial charge in [0.1, 0.15) is 0 Å². The minimum atomic E-state index is 0.688. The maximum Gasteiger partial charge on any atom is 0.0466 e. The first-order chi connectivity index (χ1) is 8.35. The largest absolute Gasteiger partial charge is 0.317 e. The molecule has 2 unspecified atom stereocenters. The van der Waals surface area contributed by atoms with Crippen molar-refractivity contribution in [3.63, 3.8) is 0 Å². The molecule has 1 aliphatic rings. The van der Waals surface area contributed by atoms with E-state index in [4.69, 9.17) is 0 Å². The smallest absolute Gasteiger partial charge is 0.0466 e. The van der Waals surface area contributed by atoms with Crippen LogP contribution in [0.15, 0.2) is 18.3 Å². The molecule has 2 rings (SSSR count). The highest BCUT2D eigenvalue weighted by atomic mass is 14.9. The number of pyridine rings is 1. The molecule has 1 aromatic heterocycles. The molecule has 1 aromatic rings. The van der Waals surface area contributed by atoms with Crippen LogP contribution >= 0.6 is 0 Å². The van der Waals surface area contributed by atoms with Crippen LogP contribution in [0.1, 0.15) is 56.2 Å². The second kappa shape index (κ2) is 6.15. The van der Waals surface area contributed by atoms with Crippen molar-refractivity contribution in [3.8, 4) is 0 Å². The molecule has 0 saturated heterocycles. The third-order valence-electron chi connectivity index (χ3n) is 3.98. The van der Waals surface area contributed by atoms with Gasteiger partial charge >= 0.3 is 0 Å². The zero-order valence-electron chi connectivity index (χ0n) is 11.1. The Kier molecular flexibility index (Phi) is 4.55. The predicted octanol–water partition coefficient (Wildman–Crippen LogP) is 3.28. The summed E-state index contributed by atoms with van der Waals surface area (Å²) in [6, 6.07) is 4.99. The highest BCUT2D eigenvalue weighted by molar-refractivity contribution is 5.28. The van der Waals surface area contributed by atoms with Crippen molar-refractivity contribution in [2.45, 2.75) is 57.4 Å². The lowest BCUT2D eigenvalue weighted by molar-refractivity contribution is 0.441. The van der Waals surface area contributed by atoms with E-state index in [1.807, 2.05) is 6.20 Å². The van der Waals surface area contributed by atoms with E-state index in [0.717, 1.165) is 0 Å². The third-order valence-corrected chi connectivity index (χ3v) is 3.98. The van der Waals surface area contributed by atoms with Crippen molar-refractivity contribution in [2.75, 3.05) is 7.05 Å². The van der Waals surface area contributed by atoms with Crippen molar-refractivity contribution in [3.05, 3.63) is 29.6 Å². The highest BCUT2D eigenvalue weighted by Crippen LogP contribution is 2.34. The Balaban J connectivity index is 1.89. The van der Waals surface area contributed by atoms with Crippen LogP contribution in [0.25, 0.3) is 0 Å². The van der Waals surface area contributed by atoms with E-state index in [2.05, 4.69) is 36.4 Å². The zero-order valence-corrected chi connectivity index (χ0v) is 11.1. The Hall–Kier alpha value is -0.890. The SMILES string of the molecule is CCCC(CCC1CCc2cccnc21)NC. The average Bonchev–Trinajstić information content (AvgIpc) is 2.78. The number of aromatic nitrogens is 1. The van der Waals surface area contributed by atoms with Crippen molar-refractivity contribution in [1.29, 1.82) is 0 Å². The van der Waals surface area contributed by atoms with E-state index in [0.29, 0.717) is 12.0 Å². The minimum absolute atomic E-state index is 0.688. The van der Waals surface area contributed by atoms with Crippen molar-refractivity contribution in [1.82, 2.24) is 10.3 Å². The fourth-order valence-corrected chi connectivity index (χ4v) is 2.96. The van der Waals surface area contributed by atoms with E-state index in [9.17, 15) is 0 Å². The van der Waals surface area contributed by atoms with Crippen molar-refractivity contribution in [2.24, 2.45) is 0 Å². The Labute approximate surface area is 105 Å². The van der Waals surface area contributed by atoms with E-state index >= 15 is 0 Å². The Morgan fingerprint density at radius 1 is 1.47 bits per heavy atom. The van der Waals surface area contributed by atoms with Crippen LogP contribution in [0.3, 0.4) is 0 Å². The molecule has 0 saturated carbocycles. The molecule has 0 fully saturated rings. The van der Waals surface area contributed by atoms with Gasteiger partial charge in [-0.05, 0) is 50.8 Å². The Morgan fingerprint density at radius 3 is 3.12 bits per heavy atom. The van der Waals surface area contributed by atoms with Gasteiger partial charge in [0.25, 0.3) is 0 Å². The van der Waals surface area contributed by atoms with E-state index in [1.165, 1.54) is 49.8 Å². The number of nitrogens with zero attached hydrogens (tertiary/aromatic N) is 1. The van der Waals surface area contributed by atoms with Crippen LogP contribution in [0, 0.1) is 0 Å². The summed E-state index contributed by atoms with van der Waals surface area (Å²) in [7, 11) is 2.08. The summed E-state index contributed by atoms with van der Waals surface area (Å²) in [5.74, 6) is 0.707. The van der Waals surface area contributed by atoms with Crippen LogP contribution in [0.2, 0.25) is 0 Å². The van der Waals surface area contributed by atoms with Crippen molar-refractivity contribution < 1.29 is 0 Å². The predicted molar refractivity (Wildman–Crippen MR) is 72.3 cm³/mol. The van der Waals surface area contributed by atoms with Crippen LogP contribution in [0.4, 0.5) is 0 Å². The standard InChI is InChI=1S/C15H24N2/c1-3-5-14(16-2)10-9-13-8-7-12-6-4-11-17-15(12)13/h4,6,11,13-14,16H,3,5,7-10H2,1-2H3. The summed E-state index contributed by atoms with van der Waals surface area (Å²) in [6.45, 7) is 2.26. The first-order valence-corrected chi connectivity index (χ1v) is 6.96. The lowest BCUT2D eigenvalue weighted by atomic mass is 9.96. The fraction of sp³-hybridized carbons (Fsp3) is 0.667. The molecule has 0 aromatic carbocycles. The first-order valence-electron chi connectivity index (χ1n) is 6.96. The lowest BCUT2D eigenvalue weighted by Crippen LogP contribution is -2.25. The summed E-state index contributed by atoms with van der Waals surface area (Å²) < 4.78 is 0. The maximum atomic E-state index is 4.57. The summed E-state index contributed by atoms with van der Waals surface area (Å²) in [4.78, 5) is 4.57. The molecule has 0 aliphatic heterocycles. The molecule has 0 spiro atoms. The van der Waals surface area contributed by atoms with Crippen LogP contribution in [0.5, 0.6) is 0 Å². The van der Waals surface area contributed by atoms with Gasteiger partial charge in [-0.25, -0.2) is 0 Å². The molecule has 2 nitrogen and oxygen atoms in total. The highest BCUT2D eigenvalue weighted by Gasteiger charge is 2.23. The van der Waals surface area contributed by atoms with Gasteiger partial charge in [0, 0.05) is 23.9 Å². The second-order valence-corrected chi connectivity index (χ2v) is 5.13. The molecule has 1 heterocycles. The number of rotatable bonds is 6. The first kappa shape index (κ1) is 12.6. The quantitative estimate of drug-likeness (QED) is 0.814. The van der Waals surface area contributed by atoms with E-state index in [-0.39, 0.29) is 0 Å². The average molecular weight is 232 g/mol. The number of nitrogens with one attached hydrogen (secondary N) is 1. The molecule has 94 valence electrons. The van der Waals surface area contributed by atoms with Gasteiger partial charge in [-0.2, -0.15) is 0 Å². The number of aryl methyl sites for hydroxylation is 1. The number of hydrogen-bond donors (Lipinski definition) is 1. The normalized spacial score (nSPS) is 20.2. The molecule has 2 atom stereocenters. The van der Waals surface area contributed by atoms with Gasteiger partial charge in [-0.1, -0.05) is 19.4 Å². The third kappa shape index (κ3) is 3.06. The van der Waals surface area contributed by atoms with Gasteiger partial charge in [0.05, 0.1) is 0 Å². The van der Waals surface area contributed by atoms with Gasteiger partial charge in [-0.15, -0.1) is 0 Å². The second-order valence-electron chi connectivity index (χ2n) is 5.13. The van der Waals surface area contributed by atoms with Gasteiger partial charge in [0.15, 0.2) is 0 Å². The monoisotopic (exact) mass is 232 g/mol. The van der Waals surface area contributed by atoms with Crippen LogP contribution in [-0.2, 0) is 6.42 Å². The molecule has 2 heteroatoms. The fourth-order valence-electron chi connectivity index (χ4n) is 2.96. The van der Waals surface area contributed by atoms with Crippen LogP contribution < -0.4 is 5.32 Å². The summed E-state index contributed by atoms with van der Waals surface area (Å²) >= 11 is 0. The summed E-state index contributed by atoms with van der Waals surface area (Å²) in [5, 5.41) is 3.43. The van der Waals surface area contributed by atoms with Gasteiger partial charge in [-0.3, -0.25) is 4.98 Å². The molecule has 17 heavy (non-hydrogen) atoms. The molecule has 0 amide bonds. The molecular weight excluding hydrogens is 208 g/mol. The van der Waals surface area contributed by atoms with Gasteiger partial charge < -0.3 is 5.32 Å². The number of fused-ring (bicyclic) bond motifs is 1. The van der Waals surface area contributed by atoms with E-state index in [1.54, 1.807) is 0 Å². The topological polar surface area (TPSA) is 24.9 Å².